The van der Waals surface area contributed by atoms with Crippen LogP contribution in [-0.2, 0) is 4.79 Å². The normalized spacial score (nSPS) is 15.2. The van der Waals surface area contributed by atoms with Gasteiger partial charge >= 0.3 is 0 Å². The number of methoxy groups -OCH3 is 2. The lowest BCUT2D eigenvalue weighted by atomic mass is 10.2. The van der Waals surface area contributed by atoms with E-state index in [0.717, 1.165) is 13.1 Å². The predicted octanol–water partition coefficient (Wildman–Crippen LogP) is 2.82. The minimum atomic E-state index is -0.579. The quantitative estimate of drug-likeness (QED) is 0.783. The van der Waals surface area contributed by atoms with Crippen LogP contribution >= 0.6 is 0 Å². The van der Waals surface area contributed by atoms with E-state index in [-0.39, 0.29) is 5.91 Å². The maximum atomic E-state index is 12.8. The van der Waals surface area contributed by atoms with Crippen molar-refractivity contribution in [2.45, 2.75) is 13.0 Å². The highest BCUT2D eigenvalue weighted by molar-refractivity contribution is 5.81. The third-order valence-corrected chi connectivity index (χ3v) is 4.70. The summed E-state index contributed by atoms with van der Waals surface area (Å²) in [4.78, 5) is 16.9. The Bertz CT molecular complexity index is 736. The molecule has 1 fully saturated rings. The van der Waals surface area contributed by atoms with Crippen molar-refractivity contribution in [1.82, 2.24) is 4.90 Å². The predicted molar refractivity (Wildman–Crippen MR) is 105 cm³/mol. The van der Waals surface area contributed by atoms with E-state index in [1.165, 1.54) is 5.69 Å². The van der Waals surface area contributed by atoms with Crippen LogP contribution in [0, 0.1) is 0 Å². The van der Waals surface area contributed by atoms with Gasteiger partial charge in [0.05, 0.1) is 14.2 Å². The summed E-state index contributed by atoms with van der Waals surface area (Å²) in [6, 6.07) is 15.5. The highest BCUT2D eigenvalue weighted by Crippen LogP contribution is 2.28. The molecular weight excluding hydrogens is 344 g/mol. The summed E-state index contributed by atoms with van der Waals surface area (Å²) in [7, 11) is 3.17. The third kappa shape index (κ3) is 4.64. The van der Waals surface area contributed by atoms with Crippen LogP contribution in [0.2, 0.25) is 0 Å². The fourth-order valence-corrected chi connectivity index (χ4v) is 3.18. The Kier molecular flexibility index (Phi) is 6.06. The first-order valence-corrected chi connectivity index (χ1v) is 9.09. The SMILES string of the molecule is COc1cc(OC)cc(OC(C)C(=O)N2CCN(c3ccccc3)CC2)c1. The maximum absolute atomic E-state index is 12.8. The molecule has 1 aliphatic heterocycles. The van der Waals surface area contributed by atoms with E-state index in [2.05, 4.69) is 17.0 Å². The molecule has 1 unspecified atom stereocenters. The van der Waals surface area contributed by atoms with Gasteiger partial charge in [0.15, 0.2) is 6.10 Å². The zero-order chi connectivity index (χ0) is 19.2. The molecule has 3 rings (SSSR count). The average molecular weight is 370 g/mol. The number of hydrogen-bond acceptors (Lipinski definition) is 5. The van der Waals surface area contributed by atoms with Crippen LogP contribution in [0.5, 0.6) is 17.2 Å². The monoisotopic (exact) mass is 370 g/mol. The van der Waals surface area contributed by atoms with Crippen molar-refractivity contribution in [1.29, 1.82) is 0 Å². The number of para-hydroxylation sites is 1. The van der Waals surface area contributed by atoms with Crippen molar-refractivity contribution in [3.05, 3.63) is 48.5 Å². The van der Waals surface area contributed by atoms with E-state index in [1.54, 1.807) is 39.3 Å². The first-order chi connectivity index (χ1) is 13.1. The van der Waals surface area contributed by atoms with Gasteiger partial charge in [-0.15, -0.1) is 0 Å². The summed E-state index contributed by atoms with van der Waals surface area (Å²) in [5.74, 6) is 1.79. The van der Waals surface area contributed by atoms with Crippen molar-refractivity contribution in [2.24, 2.45) is 0 Å². The van der Waals surface area contributed by atoms with Crippen LogP contribution in [0.15, 0.2) is 48.5 Å². The van der Waals surface area contributed by atoms with Crippen molar-refractivity contribution in [3.63, 3.8) is 0 Å². The number of carbonyl (C=O) groups excluding carboxylic acids is 1. The molecule has 144 valence electrons. The number of hydrogen-bond donors (Lipinski definition) is 0. The van der Waals surface area contributed by atoms with Crippen molar-refractivity contribution in [3.8, 4) is 17.2 Å². The Morgan fingerprint density at radius 1 is 0.889 bits per heavy atom. The molecule has 6 heteroatoms. The van der Waals surface area contributed by atoms with Crippen molar-refractivity contribution >= 4 is 11.6 Å². The third-order valence-electron chi connectivity index (χ3n) is 4.70. The molecular formula is C21H26N2O4. The largest absolute Gasteiger partial charge is 0.496 e. The summed E-state index contributed by atoms with van der Waals surface area (Å²) in [5.41, 5.74) is 1.19. The maximum Gasteiger partial charge on any atom is 0.263 e. The molecule has 1 saturated heterocycles. The lowest BCUT2D eigenvalue weighted by Crippen LogP contribution is -2.52. The van der Waals surface area contributed by atoms with Crippen LogP contribution in [0.1, 0.15) is 6.92 Å². The van der Waals surface area contributed by atoms with Gasteiger partial charge in [0, 0.05) is 50.1 Å². The first kappa shape index (κ1) is 18.9. The molecule has 0 aromatic heterocycles. The standard InChI is InChI=1S/C21H26N2O4/c1-16(27-20-14-18(25-2)13-19(15-20)26-3)21(24)23-11-9-22(10-12-23)17-7-5-4-6-8-17/h4-8,13-16H,9-12H2,1-3H3. The molecule has 27 heavy (non-hydrogen) atoms. The molecule has 1 amide bonds. The molecule has 1 aliphatic rings. The second-order valence-corrected chi connectivity index (χ2v) is 6.46. The zero-order valence-corrected chi connectivity index (χ0v) is 16.1. The molecule has 0 spiro atoms. The van der Waals surface area contributed by atoms with Gasteiger partial charge in [-0.3, -0.25) is 4.79 Å². The number of piperazine rings is 1. The number of anilines is 1. The number of rotatable bonds is 6. The molecule has 1 atom stereocenters. The minimum Gasteiger partial charge on any atom is -0.496 e. The van der Waals surface area contributed by atoms with Gasteiger partial charge < -0.3 is 24.0 Å². The summed E-state index contributed by atoms with van der Waals surface area (Å²) in [6.07, 6.45) is -0.579. The Hall–Kier alpha value is -2.89. The van der Waals surface area contributed by atoms with Crippen LogP contribution < -0.4 is 19.1 Å². The summed E-state index contributed by atoms with van der Waals surface area (Å²) >= 11 is 0. The molecule has 6 nitrogen and oxygen atoms in total. The topological polar surface area (TPSA) is 51.2 Å². The summed E-state index contributed by atoms with van der Waals surface area (Å²) < 4.78 is 16.4. The van der Waals surface area contributed by atoms with Crippen LogP contribution in [0.4, 0.5) is 5.69 Å². The highest BCUT2D eigenvalue weighted by Gasteiger charge is 2.26. The van der Waals surface area contributed by atoms with Gasteiger partial charge in [0.25, 0.3) is 5.91 Å². The van der Waals surface area contributed by atoms with Gasteiger partial charge in [0.1, 0.15) is 17.2 Å². The molecule has 2 aromatic carbocycles. The second-order valence-electron chi connectivity index (χ2n) is 6.46. The molecule has 0 aliphatic carbocycles. The van der Waals surface area contributed by atoms with Crippen molar-refractivity contribution < 1.29 is 19.0 Å². The van der Waals surface area contributed by atoms with Crippen molar-refractivity contribution in [2.75, 3.05) is 45.3 Å². The number of ether oxygens (including phenoxy) is 3. The lowest BCUT2D eigenvalue weighted by molar-refractivity contribution is -0.138. The second kappa shape index (κ2) is 8.66. The van der Waals surface area contributed by atoms with Crippen LogP contribution in [0.3, 0.4) is 0 Å². The first-order valence-electron chi connectivity index (χ1n) is 9.09. The molecule has 0 saturated carbocycles. The fourth-order valence-electron chi connectivity index (χ4n) is 3.18. The molecule has 1 heterocycles. The lowest BCUT2D eigenvalue weighted by Gasteiger charge is -2.37. The summed E-state index contributed by atoms with van der Waals surface area (Å²) in [5, 5.41) is 0. The summed E-state index contributed by atoms with van der Waals surface area (Å²) in [6.45, 7) is 4.77. The Morgan fingerprint density at radius 3 is 2.00 bits per heavy atom. The van der Waals surface area contributed by atoms with E-state index >= 15 is 0 Å². The Morgan fingerprint density at radius 2 is 1.44 bits per heavy atom. The van der Waals surface area contributed by atoms with Gasteiger partial charge in [-0.1, -0.05) is 18.2 Å². The highest BCUT2D eigenvalue weighted by atomic mass is 16.5. The number of nitrogens with zero attached hydrogens (tertiary/aromatic N) is 2. The Labute approximate surface area is 160 Å². The fraction of sp³-hybridized carbons (Fsp3) is 0.381. The van der Waals surface area contributed by atoms with E-state index in [0.29, 0.717) is 30.3 Å². The average Bonchev–Trinajstić information content (AvgIpc) is 2.73. The molecule has 2 aromatic rings. The Balaban J connectivity index is 1.58. The molecule has 0 radical (unpaired) electrons. The zero-order valence-electron chi connectivity index (χ0n) is 16.1. The minimum absolute atomic E-state index is 0.00972. The smallest absolute Gasteiger partial charge is 0.263 e. The van der Waals surface area contributed by atoms with Gasteiger partial charge in [-0.05, 0) is 19.1 Å². The van der Waals surface area contributed by atoms with E-state index in [1.807, 2.05) is 23.1 Å². The number of benzene rings is 2. The molecule has 0 N–H and O–H groups in total. The number of amides is 1. The number of carbonyl (C=O) groups is 1. The van der Waals surface area contributed by atoms with E-state index < -0.39 is 6.10 Å². The van der Waals surface area contributed by atoms with Gasteiger partial charge in [-0.25, -0.2) is 0 Å². The molecule has 0 bridgehead atoms. The van der Waals surface area contributed by atoms with Gasteiger partial charge in [0.2, 0.25) is 0 Å². The van der Waals surface area contributed by atoms with Crippen LogP contribution in [-0.4, -0.2) is 57.3 Å². The van der Waals surface area contributed by atoms with E-state index in [9.17, 15) is 4.79 Å². The van der Waals surface area contributed by atoms with E-state index in [4.69, 9.17) is 14.2 Å². The van der Waals surface area contributed by atoms with Gasteiger partial charge in [-0.2, -0.15) is 0 Å². The van der Waals surface area contributed by atoms with Crippen LogP contribution in [0.25, 0.3) is 0 Å².